The maximum absolute atomic E-state index is 5.45. The van der Waals surface area contributed by atoms with E-state index in [1.165, 1.54) is 23.0 Å². The number of aromatic nitrogens is 1. The van der Waals surface area contributed by atoms with Gasteiger partial charge in [0.1, 0.15) is 5.75 Å². The smallest absolute Gasteiger partial charge is 0.143 e. The molecule has 1 aliphatic heterocycles. The monoisotopic (exact) mass is 230 g/mol. The van der Waals surface area contributed by atoms with Gasteiger partial charge in [-0.05, 0) is 25.1 Å². The van der Waals surface area contributed by atoms with Gasteiger partial charge in [0.25, 0.3) is 0 Å². The zero-order valence-electron chi connectivity index (χ0n) is 10.4. The van der Waals surface area contributed by atoms with Gasteiger partial charge in [0.15, 0.2) is 0 Å². The van der Waals surface area contributed by atoms with Crippen LogP contribution in [0.3, 0.4) is 0 Å². The summed E-state index contributed by atoms with van der Waals surface area (Å²) in [6, 6.07) is 8.54. The van der Waals surface area contributed by atoms with Gasteiger partial charge in [-0.15, -0.1) is 0 Å². The van der Waals surface area contributed by atoms with E-state index in [-0.39, 0.29) is 0 Å². The number of methoxy groups -OCH3 is 1. The first-order valence-electron chi connectivity index (χ1n) is 6.14. The summed E-state index contributed by atoms with van der Waals surface area (Å²) in [5.74, 6) is 1.60. The lowest BCUT2D eigenvalue weighted by Crippen LogP contribution is -2.10. The van der Waals surface area contributed by atoms with Crippen molar-refractivity contribution >= 4 is 10.9 Å². The number of benzene rings is 1. The SMILES string of the molecule is COc1cccc2cc(C3CCNC3)n(C)c12. The highest BCUT2D eigenvalue weighted by atomic mass is 16.5. The molecule has 1 atom stereocenters. The second kappa shape index (κ2) is 4.08. The highest BCUT2D eigenvalue weighted by molar-refractivity contribution is 5.87. The number of fused-ring (bicyclic) bond motifs is 1. The predicted molar refractivity (Wildman–Crippen MR) is 69.7 cm³/mol. The van der Waals surface area contributed by atoms with Crippen LogP contribution in [0, 0.1) is 0 Å². The third-order valence-corrected chi connectivity index (χ3v) is 3.75. The molecule has 1 fully saturated rings. The molecule has 1 N–H and O–H groups in total. The van der Waals surface area contributed by atoms with Gasteiger partial charge in [0.05, 0.1) is 12.6 Å². The summed E-state index contributed by atoms with van der Waals surface area (Å²) in [6.45, 7) is 2.22. The van der Waals surface area contributed by atoms with Crippen LogP contribution >= 0.6 is 0 Å². The zero-order chi connectivity index (χ0) is 11.8. The Kier molecular flexibility index (Phi) is 2.56. The van der Waals surface area contributed by atoms with Crippen molar-refractivity contribution in [3.8, 4) is 5.75 Å². The Labute approximate surface area is 101 Å². The third-order valence-electron chi connectivity index (χ3n) is 3.75. The largest absolute Gasteiger partial charge is 0.495 e. The van der Waals surface area contributed by atoms with Crippen molar-refractivity contribution < 1.29 is 4.74 Å². The van der Waals surface area contributed by atoms with Crippen molar-refractivity contribution in [3.05, 3.63) is 30.0 Å². The highest BCUT2D eigenvalue weighted by Crippen LogP contribution is 2.32. The van der Waals surface area contributed by atoms with E-state index >= 15 is 0 Å². The quantitative estimate of drug-likeness (QED) is 0.856. The van der Waals surface area contributed by atoms with Crippen LogP contribution in [0.5, 0.6) is 5.75 Å². The van der Waals surface area contributed by atoms with Gasteiger partial charge in [0, 0.05) is 30.6 Å². The first-order chi connectivity index (χ1) is 8.31. The number of aryl methyl sites for hydroxylation is 1. The average Bonchev–Trinajstić information content (AvgIpc) is 2.97. The van der Waals surface area contributed by atoms with E-state index in [2.05, 4.69) is 35.1 Å². The molecule has 2 aromatic rings. The van der Waals surface area contributed by atoms with Gasteiger partial charge in [-0.25, -0.2) is 0 Å². The van der Waals surface area contributed by atoms with Gasteiger partial charge in [-0.3, -0.25) is 0 Å². The fraction of sp³-hybridized carbons (Fsp3) is 0.429. The number of para-hydroxylation sites is 1. The molecule has 1 unspecified atom stereocenters. The van der Waals surface area contributed by atoms with E-state index in [4.69, 9.17) is 4.74 Å². The van der Waals surface area contributed by atoms with Crippen LogP contribution in [0.4, 0.5) is 0 Å². The number of ether oxygens (including phenoxy) is 1. The third kappa shape index (κ3) is 1.62. The van der Waals surface area contributed by atoms with E-state index in [9.17, 15) is 0 Å². The summed E-state index contributed by atoms with van der Waals surface area (Å²) in [5.41, 5.74) is 2.62. The number of nitrogens with one attached hydrogen (secondary N) is 1. The van der Waals surface area contributed by atoms with Crippen LogP contribution in [0.15, 0.2) is 24.3 Å². The van der Waals surface area contributed by atoms with Gasteiger partial charge in [0.2, 0.25) is 0 Å². The van der Waals surface area contributed by atoms with E-state index in [1.54, 1.807) is 7.11 Å². The number of rotatable bonds is 2. The molecule has 3 nitrogen and oxygen atoms in total. The van der Waals surface area contributed by atoms with Crippen molar-refractivity contribution in [1.29, 1.82) is 0 Å². The van der Waals surface area contributed by atoms with E-state index in [0.29, 0.717) is 5.92 Å². The molecule has 3 rings (SSSR count). The first kappa shape index (κ1) is 10.7. The molecule has 0 aliphatic carbocycles. The Bertz CT molecular complexity index is 538. The second-order valence-electron chi connectivity index (χ2n) is 4.72. The summed E-state index contributed by atoms with van der Waals surface area (Å²) in [6.07, 6.45) is 1.23. The molecule has 90 valence electrons. The number of hydrogen-bond donors (Lipinski definition) is 1. The lowest BCUT2D eigenvalue weighted by Gasteiger charge is -2.11. The Morgan fingerprint density at radius 1 is 1.41 bits per heavy atom. The maximum Gasteiger partial charge on any atom is 0.143 e. The Hall–Kier alpha value is -1.48. The van der Waals surface area contributed by atoms with Crippen molar-refractivity contribution in [2.75, 3.05) is 20.2 Å². The van der Waals surface area contributed by atoms with E-state index in [1.807, 2.05) is 6.07 Å². The standard InChI is InChI=1S/C14H18N2O/c1-16-12(11-6-7-15-9-11)8-10-4-3-5-13(17-2)14(10)16/h3-5,8,11,15H,6-7,9H2,1-2H3. The fourth-order valence-corrected chi connectivity index (χ4v) is 2.86. The highest BCUT2D eigenvalue weighted by Gasteiger charge is 2.21. The molecule has 1 saturated heterocycles. The Balaban J connectivity index is 2.17. The van der Waals surface area contributed by atoms with E-state index < -0.39 is 0 Å². The van der Waals surface area contributed by atoms with Crippen LogP contribution in [0.1, 0.15) is 18.0 Å². The average molecular weight is 230 g/mol. The predicted octanol–water partition coefficient (Wildman–Crippen LogP) is 2.26. The number of hydrogen-bond acceptors (Lipinski definition) is 2. The van der Waals surface area contributed by atoms with Crippen molar-refractivity contribution in [1.82, 2.24) is 9.88 Å². The second-order valence-corrected chi connectivity index (χ2v) is 4.72. The van der Waals surface area contributed by atoms with Crippen molar-refractivity contribution in [2.45, 2.75) is 12.3 Å². The molecule has 2 heterocycles. The van der Waals surface area contributed by atoms with Crippen LogP contribution < -0.4 is 10.1 Å². The van der Waals surface area contributed by atoms with Crippen molar-refractivity contribution in [2.24, 2.45) is 7.05 Å². The van der Waals surface area contributed by atoms with Crippen LogP contribution in [-0.4, -0.2) is 24.8 Å². The number of nitrogens with zero attached hydrogens (tertiary/aromatic N) is 1. The maximum atomic E-state index is 5.45. The molecule has 1 aromatic heterocycles. The lowest BCUT2D eigenvalue weighted by molar-refractivity contribution is 0.417. The minimum Gasteiger partial charge on any atom is -0.495 e. The summed E-state index contributed by atoms with van der Waals surface area (Å²) < 4.78 is 7.73. The summed E-state index contributed by atoms with van der Waals surface area (Å²) in [4.78, 5) is 0. The summed E-state index contributed by atoms with van der Waals surface area (Å²) >= 11 is 0. The molecule has 1 aromatic carbocycles. The lowest BCUT2D eigenvalue weighted by atomic mass is 10.1. The van der Waals surface area contributed by atoms with Crippen LogP contribution in [0.25, 0.3) is 10.9 Å². The normalized spacial score (nSPS) is 20.0. The first-order valence-corrected chi connectivity index (χ1v) is 6.14. The molecule has 0 bridgehead atoms. The molecule has 17 heavy (non-hydrogen) atoms. The van der Waals surface area contributed by atoms with Gasteiger partial charge >= 0.3 is 0 Å². The molecular weight excluding hydrogens is 212 g/mol. The van der Waals surface area contributed by atoms with Crippen LogP contribution in [0.2, 0.25) is 0 Å². The minimum atomic E-state index is 0.636. The topological polar surface area (TPSA) is 26.2 Å². The molecule has 3 heteroatoms. The van der Waals surface area contributed by atoms with E-state index in [0.717, 1.165) is 18.8 Å². The molecule has 0 amide bonds. The van der Waals surface area contributed by atoms with Gasteiger partial charge in [-0.1, -0.05) is 12.1 Å². The molecule has 0 spiro atoms. The summed E-state index contributed by atoms with van der Waals surface area (Å²) in [7, 11) is 3.87. The van der Waals surface area contributed by atoms with Crippen LogP contribution in [-0.2, 0) is 7.05 Å². The van der Waals surface area contributed by atoms with Gasteiger partial charge < -0.3 is 14.6 Å². The molecule has 1 aliphatic rings. The summed E-state index contributed by atoms with van der Waals surface area (Å²) in [5, 5.41) is 4.70. The molecular formula is C14H18N2O. The molecule has 0 radical (unpaired) electrons. The Morgan fingerprint density at radius 3 is 3.00 bits per heavy atom. The Morgan fingerprint density at radius 2 is 2.29 bits per heavy atom. The zero-order valence-corrected chi connectivity index (χ0v) is 10.4. The minimum absolute atomic E-state index is 0.636. The fourth-order valence-electron chi connectivity index (χ4n) is 2.86. The molecule has 0 saturated carbocycles. The van der Waals surface area contributed by atoms with Gasteiger partial charge in [-0.2, -0.15) is 0 Å². The van der Waals surface area contributed by atoms with Crippen molar-refractivity contribution in [3.63, 3.8) is 0 Å².